The van der Waals surface area contributed by atoms with E-state index in [1.807, 2.05) is 0 Å². The molecule has 0 spiro atoms. The first-order chi connectivity index (χ1) is 4.23. The molecule has 0 N–H and O–H groups in total. The zero-order chi connectivity index (χ0) is 6.91. The summed E-state index contributed by atoms with van der Waals surface area (Å²) < 4.78 is 0. The minimum absolute atomic E-state index is 0.767. The van der Waals surface area contributed by atoms with E-state index in [0.29, 0.717) is 0 Å². The largest absolute Gasteiger partial charge is 0.0651 e. The molecule has 0 amide bonds. The lowest BCUT2D eigenvalue weighted by Crippen LogP contribution is -2.09. The first kappa shape index (κ1) is 7.11. The van der Waals surface area contributed by atoms with Gasteiger partial charge in [0.05, 0.1) is 0 Å². The topological polar surface area (TPSA) is 0 Å². The third kappa shape index (κ3) is 1.28. The van der Waals surface area contributed by atoms with Gasteiger partial charge in [0, 0.05) is 0 Å². The van der Waals surface area contributed by atoms with Gasteiger partial charge in [-0.2, -0.15) is 0 Å². The maximum Gasteiger partial charge on any atom is -0.0297 e. The summed E-state index contributed by atoms with van der Waals surface area (Å²) in [7, 11) is 0. The molecule has 0 nitrogen and oxygen atoms in total. The summed E-state index contributed by atoms with van der Waals surface area (Å²) in [6, 6.07) is 0. The van der Waals surface area contributed by atoms with Gasteiger partial charge < -0.3 is 0 Å². The van der Waals surface area contributed by atoms with E-state index in [1.54, 1.807) is 0 Å². The van der Waals surface area contributed by atoms with Gasteiger partial charge in [-0.1, -0.05) is 33.6 Å². The predicted octanol–water partition coefficient (Wildman–Crippen LogP) is 3.22. The number of hydrogen-bond donors (Lipinski definition) is 0. The molecule has 0 saturated heterocycles. The average Bonchev–Trinajstić information content (AvgIpc) is 2.52. The molecule has 0 heteroatoms. The third-order valence-corrected chi connectivity index (χ3v) is 3.01. The number of rotatable bonds is 3. The lowest BCUT2D eigenvalue weighted by atomic mass is 9.87. The Kier molecular flexibility index (Phi) is 1.83. The van der Waals surface area contributed by atoms with E-state index in [9.17, 15) is 0 Å². The fourth-order valence-electron chi connectivity index (χ4n) is 1.88. The molecule has 0 bridgehead atoms. The smallest absolute Gasteiger partial charge is 0.0297 e. The van der Waals surface area contributed by atoms with E-state index in [2.05, 4.69) is 20.8 Å². The lowest BCUT2D eigenvalue weighted by molar-refractivity contribution is 0.315. The predicted molar refractivity (Wildman–Crippen MR) is 41.4 cm³/mol. The van der Waals surface area contributed by atoms with Gasteiger partial charge in [-0.15, -0.1) is 0 Å². The van der Waals surface area contributed by atoms with Crippen molar-refractivity contribution >= 4 is 0 Å². The van der Waals surface area contributed by atoms with Crippen molar-refractivity contribution in [3.63, 3.8) is 0 Å². The Labute approximate surface area is 58.7 Å². The van der Waals surface area contributed by atoms with E-state index in [0.717, 1.165) is 11.3 Å². The number of hydrogen-bond acceptors (Lipinski definition) is 0. The zero-order valence-corrected chi connectivity index (χ0v) is 6.91. The van der Waals surface area contributed by atoms with Crippen LogP contribution in [0.4, 0.5) is 0 Å². The highest BCUT2D eigenvalue weighted by Gasteiger charge is 2.42. The maximum atomic E-state index is 2.44. The molecule has 0 heterocycles. The summed E-state index contributed by atoms with van der Waals surface area (Å²) in [5.41, 5.74) is 0.767. The monoisotopic (exact) mass is 126 g/mol. The van der Waals surface area contributed by atoms with Crippen molar-refractivity contribution in [3.8, 4) is 0 Å². The quantitative estimate of drug-likeness (QED) is 0.544. The van der Waals surface area contributed by atoms with Crippen LogP contribution in [0.1, 0.15) is 46.5 Å². The second-order valence-electron chi connectivity index (χ2n) is 3.67. The van der Waals surface area contributed by atoms with Crippen LogP contribution in [0.2, 0.25) is 0 Å². The van der Waals surface area contributed by atoms with Crippen molar-refractivity contribution in [2.24, 2.45) is 11.3 Å². The molecule has 0 atom stereocenters. The molecule has 0 radical (unpaired) electrons. The van der Waals surface area contributed by atoms with Crippen molar-refractivity contribution < 1.29 is 0 Å². The van der Waals surface area contributed by atoms with Crippen LogP contribution in [0.15, 0.2) is 0 Å². The van der Waals surface area contributed by atoms with Crippen LogP contribution in [0.25, 0.3) is 0 Å². The van der Waals surface area contributed by atoms with Gasteiger partial charge in [-0.05, 0) is 24.2 Å². The molecule has 1 fully saturated rings. The second kappa shape index (κ2) is 2.32. The van der Waals surface area contributed by atoms with Crippen molar-refractivity contribution in [1.29, 1.82) is 0 Å². The average molecular weight is 126 g/mol. The van der Waals surface area contributed by atoms with Crippen LogP contribution < -0.4 is 0 Å². The summed E-state index contributed by atoms with van der Waals surface area (Å²) in [5, 5.41) is 0. The molecular weight excluding hydrogens is 108 g/mol. The SMILES string of the molecule is CCC(CC)C1(C)CC1. The highest BCUT2D eigenvalue weighted by molar-refractivity contribution is 4.93. The highest BCUT2D eigenvalue weighted by atomic mass is 14.5. The zero-order valence-electron chi connectivity index (χ0n) is 6.91. The van der Waals surface area contributed by atoms with Gasteiger partial charge in [0.1, 0.15) is 0 Å². The Morgan fingerprint density at radius 2 is 1.67 bits per heavy atom. The first-order valence-corrected chi connectivity index (χ1v) is 4.23. The van der Waals surface area contributed by atoms with Gasteiger partial charge in [-0.25, -0.2) is 0 Å². The van der Waals surface area contributed by atoms with Crippen LogP contribution in [0.3, 0.4) is 0 Å². The second-order valence-corrected chi connectivity index (χ2v) is 3.67. The first-order valence-electron chi connectivity index (χ1n) is 4.23. The Balaban J connectivity index is 2.37. The van der Waals surface area contributed by atoms with Crippen LogP contribution in [0, 0.1) is 11.3 Å². The molecule has 1 aliphatic rings. The van der Waals surface area contributed by atoms with E-state index in [-0.39, 0.29) is 0 Å². The lowest BCUT2D eigenvalue weighted by Gasteiger charge is -2.19. The molecule has 0 aromatic rings. The van der Waals surface area contributed by atoms with Gasteiger partial charge in [-0.3, -0.25) is 0 Å². The molecule has 0 aliphatic heterocycles. The molecule has 1 aliphatic carbocycles. The molecule has 1 rings (SSSR count). The van der Waals surface area contributed by atoms with E-state index in [1.165, 1.54) is 25.7 Å². The van der Waals surface area contributed by atoms with Crippen molar-refractivity contribution in [1.82, 2.24) is 0 Å². The Morgan fingerprint density at radius 1 is 1.22 bits per heavy atom. The van der Waals surface area contributed by atoms with Gasteiger partial charge in [0.15, 0.2) is 0 Å². The van der Waals surface area contributed by atoms with E-state index >= 15 is 0 Å². The Hall–Kier alpha value is 0. The molecule has 0 unspecified atom stereocenters. The van der Waals surface area contributed by atoms with Gasteiger partial charge in [0.25, 0.3) is 0 Å². The molecule has 0 aromatic carbocycles. The summed E-state index contributed by atoms with van der Waals surface area (Å²) in [6.45, 7) is 7.07. The standard InChI is InChI=1S/C9H18/c1-4-8(5-2)9(3)6-7-9/h8H,4-7H2,1-3H3. The van der Waals surface area contributed by atoms with Gasteiger partial charge in [0.2, 0.25) is 0 Å². The molecular formula is C9H18. The van der Waals surface area contributed by atoms with E-state index < -0.39 is 0 Å². The summed E-state index contributed by atoms with van der Waals surface area (Å²) in [4.78, 5) is 0. The van der Waals surface area contributed by atoms with Gasteiger partial charge >= 0.3 is 0 Å². The van der Waals surface area contributed by atoms with E-state index in [4.69, 9.17) is 0 Å². The van der Waals surface area contributed by atoms with Crippen molar-refractivity contribution in [2.45, 2.75) is 46.5 Å². The van der Waals surface area contributed by atoms with Crippen LogP contribution in [0.5, 0.6) is 0 Å². The summed E-state index contributed by atoms with van der Waals surface area (Å²) >= 11 is 0. The fraction of sp³-hybridized carbons (Fsp3) is 1.00. The highest BCUT2D eigenvalue weighted by Crippen LogP contribution is 2.53. The minimum atomic E-state index is 0.767. The van der Waals surface area contributed by atoms with Crippen molar-refractivity contribution in [3.05, 3.63) is 0 Å². The Morgan fingerprint density at radius 3 is 1.78 bits per heavy atom. The van der Waals surface area contributed by atoms with Crippen LogP contribution in [-0.2, 0) is 0 Å². The Bertz CT molecular complexity index is 86.2. The molecule has 0 aromatic heterocycles. The summed E-state index contributed by atoms with van der Waals surface area (Å²) in [5.74, 6) is 1.01. The normalized spacial score (nSPS) is 22.7. The molecule has 1 saturated carbocycles. The molecule has 9 heavy (non-hydrogen) atoms. The molecule has 54 valence electrons. The van der Waals surface area contributed by atoms with Crippen LogP contribution >= 0.6 is 0 Å². The van der Waals surface area contributed by atoms with Crippen LogP contribution in [-0.4, -0.2) is 0 Å². The maximum absolute atomic E-state index is 2.44. The minimum Gasteiger partial charge on any atom is -0.0651 e. The summed E-state index contributed by atoms with van der Waals surface area (Å²) in [6.07, 6.45) is 5.73. The van der Waals surface area contributed by atoms with Crippen molar-refractivity contribution in [2.75, 3.05) is 0 Å². The fourth-order valence-corrected chi connectivity index (χ4v) is 1.88. The third-order valence-electron chi connectivity index (χ3n) is 3.01.